The predicted molar refractivity (Wildman–Crippen MR) is 244 cm³/mol. The lowest BCUT2D eigenvalue weighted by Crippen LogP contribution is -2.21. The zero-order valence-corrected chi connectivity index (χ0v) is 36.8. The van der Waals surface area contributed by atoms with Crippen molar-refractivity contribution in [3.63, 3.8) is 0 Å². The highest BCUT2D eigenvalue weighted by Gasteiger charge is 2.25. The lowest BCUT2D eigenvalue weighted by molar-refractivity contribution is 0.0526. The summed E-state index contributed by atoms with van der Waals surface area (Å²) in [6.45, 7) is 9.96. The topological polar surface area (TPSA) is 147 Å². The molecule has 0 saturated heterocycles. The van der Waals surface area contributed by atoms with Crippen LogP contribution in [0, 0.1) is 19.7 Å². The van der Waals surface area contributed by atoms with Crippen molar-refractivity contribution in [2.45, 2.75) is 40.0 Å². The number of methoxy groups -OCH3 is 1. The van der Waals surface area contributed by atoms with Crippen molar-refractivity contribution in [1.29, 1.82) is 0 Å². The minimum absolute atomic E-state index is 0.251. The number of aromatic nitrogens is 8. The molecule has 16 heteroatoms. The first-order valence-corrected chi connectivity index (χ1v) is 20.5. The summed E-state index contributed by atoms with van der Waals surface area (Å²) in [6.07, 6.45) is 10.2. The Hall–Kier alpha value is -7.16. The molecule has 0 atom stereocenters. The maximum absolute atomic E-state index is 14.6. The van der Waals surface area contributed by atoms with E-state index < -0.39 is 5.97 Å². The lowest BCUT2D eigenvalue weighted by Gasteiger charge is -2.25. The number of ether oxygens (including phenoxy) is 2. The molecule has 2 N–H and O–H groups in total. The van der Waals surface area contributed by atoms with Crippen LogP contribution in [0.1, 0.15) is 53.8 Å². The van der Waals surface area contributed by atoms with Gasteiger partial charge in [0, 0.05) is 63.3 Å². The normalized spacial score (nSPS) is 11.1. The third-order valence-corrected chi connectivity index (χ3v) is 10.4. The number of carbonyl (C=O) groups is 1. The van der Waals surface area contributed by atoms with Gasteiger partial charge in [0.1, 0.15) is 17.1 Å². The maximum atomic E-state index is 14.6. The Morgan fingerprint density at radius 3 is 1.92 bits per heavy atom. The Labute approximate surface area is 374 Å². The Morgan fingerprint density at radius 1 is 0.746 bits per heavy atom. The molecule has 0 saturated carbocycles. The number of rotatable bonds is 12. The van der Waals surface area contributed by atoms with Crippen molar-refractivity contribution in [3.05, 3.63) is 173 Å². The van der Waals surface area contributed by atoms with Crippen LogP contribution < -0.4 is 15.4 Å². The van der Waals surface area contributed by atoms with E-state index in [4.69, 9.17) is 32.7 Å². The van der Waals surface area contributed by atoms with Crippen LogP contribution in [0.15, 0.2) is 128 Å². The van der Waals surface area contributed by atoms with Crippen molar-refractivity contribution >= 4 is 52.4 Å². The Balaban J connectivity index is 0.000000190. The van der Waals surface area contributed by atoms with Gasteiger partial charge in [0.2, 0.25) is 11.9 Å². The summed E-state index contributed by atoms with van der Waals surface area (Å²) < 4.78 is 28.9. The van der Waals surface area contributed by atoms with Crippen LogP contribution in [0.4, 0.5) is 27.7 Å². The maximum Gasteiger partial charge on any atom is 0.341 e. The molecule has 8 aromatic rings. The van der Waals surface area contributed by atoms with Crippen LogP contribution >= 0.6 is 23.2 Å². The van der Waals surface area contributed by atoms with Crippen molar-refractivity contribution in [2.24, 2.45) is 0 Å². The highest BCUT2D eigenvalue weighted by atomic mass is 35.5. The van der Waals surface area contributed by atoms with Crippen molar-refractivity contribution in [1.82, 2.24) is 39.0 Å². The summed E-state index contributed by atoms with van der Waals surface area (Å²) in [7, 11) is 1.61. The predicted octanol–water partition coefficient (Wildman–Crippen LogP) is 11.1. The van der Waals surface area contributed by atoms with Gasteiger partial charge >= 0.3 is 5.97 Å². The van der Waals surface area contributed by atoms with Gasteiger partial charge in [0.15, 0.2) is 0 Å². The van der Waals surface area contributed by atoms with E-state index in [2.05, 4.69) is 54.4 Å². The first kappa shape index (κ1) is 43.9. The van der Waals surface area contributed by atoms with Crippen LogP contribution in [0.2, 0.25) is 10.0 Å². The van der Waals surface area contributed by atoms with Crippen molar-refractivity contribution < 1.29 is 18.7 Å². The molecule has 0 radical (unpaired) electrons. The van der Waals surface area contributed by atoms with E-state index in [9.17, 15) is 9.18 Å². The molecule has 0 fully saturated rings. The smallest absolute Gasteiger partial charge is 0.341 e. The fraction of sp³-hybridized carbons (Fsp3) is 0.170. The van der Waals surface area contributed by atoms with E-state index >= 15 is 0 Å². The number of nitrogens with one attached hydrogen (secondary N) is 2. The number of imidazole rings is 2. The third-order valence-electron chi connectivity index (χ3n) is 9.88. The Kier molecular flexibility index (Phi) is 13.4. The summed E-state index contributed by atoms with van der Waals surface area (Å²) in [5, 5.41) is 7.55. The first-order chi connectivity index (χ1) is 30.3. The molecule has 4 heterocycles. The SMILES string of the molecule is CCOC(=O)c1cnc(Nc2ccc(-n3cnc(C)c3)c(OC)c2)nc1-c1ccc(Cl)cc1.Cc1cn(-c2ccc(Nc3nccc(C(C)(C)c4ccc(Cl)cc4)n3)cc2F)cn1. The van der Waals surface area contributed by atoms with Gasteiger partial charge in [0.25, 0.3) is 0 Å². The standard InChI is InChI=1S/C24H22ClN5O3.C23H21ClFN5/c1-4-33-23(31)19-12-26-24(29-22(19)16-5-7-17(25)8-6-16)28-18-9-10-20(21(11-18)32-3)30-13-15(2)27-14-30;1-15-13-30(14-27-15)20-9-8-18(12-19(20)25)28-22-26-11-10-21(29-22)23(2,3)16-4-6-17(24)7-5-16/h5-14H,4H2,1-3H3,(H,26,28,29);4-14H,1-3H3,(H,26,28,29). The molecule has 320 valence electrons. The van der Waals surface area contributed by atoms with Crippen LogP contribution in [-0.4, -0.2) is 58.7 Å². The number of carbonyl (C=O) groups excluding carboxylic acids is 1. The van der Waals surface area contributed by atoms with E-state index in [-0.39, 0.29) is 23.4 Å². The van der Waals surface area contributed by atoms with Crippen molar-refractivity contribution in [2.75, 3.05) is 24.4 Å². The Bertz CT molecular complexity index is 2870. The zero-order valence-electron chi connectivity index (χ0n) is 35.3. The van der Waals surface area contributed by atoms with E-state index in [1.54, 1.807) is 80.0 Å². The van der Waals surface area contributed by atoms with Gasteiger partial charge < -0.3 is 29.2 Å². The minimum atomic E-state index is -0.490. The zero-order chi connectivity index (χ0) is 44.7. The molecule has 0 amide bonds. The average molecular weight is 886 g/mol. The van der Waals surface area contributed by atoms with Gasteiger partial charge in [-0.25, -0.2) is 39.1 Å². The van der Waals surface area contributed by atoms with Crippen LogP contribution in [0.3, 0.4) is 0 Å². The first-order valence-electron chi connectivity index (χ1n) is 19.7. The molecule has 0 aliphatic heterocycles. The summed E-state index contributed by atoms with van der Waals surface area (Å²) >= 11 is 12.0. The second-order valence-corrected chi connectivity index (χ2v) is 15.6. The van der Waals surface area contributed by atoms with E-state index in [0.717, 1.165) is 39.6 Å². The number of benzene rings is 4. The van der Waals surface area contributed by atoms with Crippen LogP contribution in [0.25, 0.3) is 22.6 Å². The molecule has 0 spiro atoms. The third kappa shape index (κ3) is 10.5. The molecule has 0 bridgehead atoms. The lowest BCUT2D eigenvalue weighted by atomic mass is 9.81. The molecule has 4 aromatic carbocycles. The van der Waals surface area contributed by atoms with Gasteiger partial charge in [-0.15, -0.1) is 0 Å². The van der Waals surface area contributed by atoms with Gasteiger partial charge in [-0.3, -0.25) is 0 Å². The summed E-state index contributed by atoms with van der Waals surface area (Å²) in [5.74, 6) is 0.519. The fourth-order valence-electron chi connectivity index (χ4n) is 6.54. The number of esters is 1. The Morgan fingerprint density at radius 2 is 1.33 bits per heavy atom. The van der Waals surface area contributed by atoms with Crippen molar-refractivity contribution in [3.8, 4) is 28.4 Å². The van der Waals surface area contributed by atoms with E-state index in [0.29, 0.717) is 44.8 Å². The molecule has 4 aromatic heterocycles. The van der Waals surface area contributed by atoms with Crippen LogP contribution in [0.5, 0.6) is 5.75 Å². The quantitative estimate of drug-likeness (QED) is 0.113. The summed E-state index contributed by atoms with van der Waals surface area (Å²) in [5.41, 5.74) is 7.31. The molecule has 13 nitrogen and oxygen atoms in total. The minimum Gasteiger partial charge on any atom is -0.494 e. The second-order valence-electron chi connectivity index (χ2n) is 14.7. The molecular weight excluding hydrogens is 842 g/mol. The monoisotopic (exact) mass is 884 g/mol. The highest BCUT2D eigenvalue weighted by Crippen LogP contribution is 2.33. The number of hydrogen-bond acceptors (Lipinski definition) is 11. The average Bonchev–Trinajstić information content (AvgIpc) is 3.92. The number of anilines is 4. The van der Waals surface area contributed by atoms with Gasteiger partial charge in [-0.05, 0) is 87.0 Å². The highest BCUT2D eigenvalue weighted by molar-refractivity contribution is 6.30. The molecule has 0 aliphatic carbocycles. The largest absolute Gasteiger partial charge is 0.494 e. The van der Waals surface area contributed by atoms with Crippen LogP contribution in [-0.2, 0) is 10.2 Å². The molecule has 0 unspecified atom stereocenters. The fourth-order valence-corrected chi connectivity index (χ4v) is 6.79. The second kappa shape index (κ2) is 19.3. The van der Waals surface area contributed by atoms with E-state index in [1.807, 2.05) is 73.1 Å². The summed E-state index contributed by atoms with van der Waals surface area (Å²) in [4.78, 5) is 38.7. The van der Waals surface area contributed by atoms with E-state index in [1.165, 1.54) is 12.3 Å². The number of aryl methyl sites for hydroxylation is 2. The number of nitrogens with zero attached hydrogens (tertiary/aromatic N) is 8. The molecule has 8 rings (SSSR count). The molecular formula is C47H43Cl2FN10O3. The van der Waals surface area contributed by atoms with Gasteiger partial charge in [0.05, 0.1) is 60.5 Å². The molecule has 0 aliphatic rings. The number of hydrogen-bond donors (Lipinski definition) is 2. The number of halogens is 3. The molecule has 63 heavy (non-hydrogen) atoms. The van der Waals surface area contributed by atoms with Gasteiger partial charge in [-0.2, -0.15) is 0 Å². The van der Waals surface area contributed by atoms with Gasteiger partial charge in [-0.1, -0.05) is 61.3 Å². The summed E-state index contributed by atoms with van der Waals surface area (Å²) in [6, 6.07) is 27.2.